The van der Waals surface area contributed by atoms with Gasteiger partial charge in [0.2, 0.25) is 0 Å². The summed E-state index contributed by atoms with van der Waals surface area (Å²) < 4.78 is 5.11. The first-order valence-electron chi connectivity index (χ1n) is 7.13. The third-order valence-electron chi connectivity index (χ3n) is 2.96. The Hall–Kier alpha value is -2.41. The second-order valence-electron chi connectivity index (χ2n) is 5.23. The van der Waals surface area contributed by atoms with Crippen molar-refractivity contribution in [3.63, 3.8) is 0 Å². The number of hydrogen-bond acceptors (Lipinski definition) is 5. The Kier molecular flexibility index (Phi) is 5.70. The lowest BCUT2D eigenvalue weighted by Gasteiger charge is -2.07. The van der Waals surface area contributed by atoms with Gasteiger partial charge in [0.05, 0.1) is 11.2 Å². The van der Waals surface area contributed by atoms with Crippen LogP contribution in [0.4, 0.5) is 0 Å². The molecule has 122 valence electrons. The molecule has 0 aliphatic carbocycles. The van der Waals surface area contributed by atoms with Crippen LogP contribution >= 0.6 is 11.3 Å². The van der Waals surface area contributed by atoms with Crippen molar-refractivity contribution in [2.24, 2.45) is 0 Å². The summed E-state index contributed by atoms with van der Waals surface area (Å²) in [6.07, 6.45) is 1.59. The van der Waals surface area contributed by atoms with Crippen molar-refractivity contribution in [2.45, 2.75) is 26.3 Å². The van der Waals surface area contributed by atoms with Gasteiger partial charge in [0, 0.05) is 12.5 Å². The molecule has 0 saturated carbocycles. The van der Waals surface area contributed by atoms with E-state index in [1.54, 1.807) is 24.4 Å². The third kappa shape index (κ3) is 5.07. The fourth-order valence-corrected chi connectivity index (χ4v) is 2.66. The zero-order valence-electron chi connectivity index (χ0n) is 12.9. The first-order chi connectivity index (χ1) is 11.0. The van der Waals surface area contributed by atoms with E-state index in [2.05, 4.69) is 10.3 Å². The predicted octanol–water partition coefficient (Wildman–Crippen LogP) is 2.66. The van der Waals surface area contributed by atoms with Crippen LogP contribution in [0.3, 0.4) is 0 Å². The molecular weight excluding hydrogens is 316 g/mol. The summed E-state index contributed by atoms with van der Waals surface area (Å²) >= 11 is 1.39. The second-order valence-corrected chi connectivity index (χ2v) is 6.29. The summed E-state index contributed by atoms with van der Waals surface area (Å²) in [7, 11) is 0. The molecule has 1 aromatic carbocycles. The normalized spacial score (nSPS) is 10.6. The van der Waals surface area contributed by atoms with E-state index in [1.165, 1.54) is 11.3 Å². The molecule has 2 rings (SSSR count). The summed E-state index contributed by atoms with van der Waals surface area (Å²) in [5.74, 6) is -0.454. The van der Waals surface area contributed by atoms with E-state index >= 15 is 0 Å². The molecule has 0 spiro atoms. The average molecular weight is 334 g/mol. The molecule has 0 saturated heterocycles. The Labute approximate surface area is 138 Å². The number of carbonyl (C=O) groups is 2. The van der Waals surface area contributed by atoms with Crippen LogP contribution in [-0.2, 0) is 11.3 Å². The summed E-state index contributed by atoms with van der Waals surface area (Å²) in [6, 6.07) is 6.96. The van der Waals surface area contributed by atoms with Gasteiger partial charge in [-0.25, -0.2) is 9.78 Å². The Morgan fingerprint density at radius 1 is 1.39 bits per heavy atom. The first kappa shape index (κ1) is 17.0. The van der Waals surface area contributed by atoms with Gasteiger partial charge in [-0.1, -0.05) is 26.0 Å². The predicted molar refractivity (Wildman–Crippen MR) is 86.9 cm³/mol. The number of nitrogens with zero attached hydrogens (tertiary/aromatic N) is 1. The van der Waals surface area contributed by atoms with Gasteiger partial charge >= 0.3 is 5.97 Å². The van der Waals surface area contributed by atoms with Crippen LogP contribution in [0.5, 0.6) is 5.75 Å². The van der Waals surface area contributed by atoms with Crippen LogP contribution in [0.15, 0.2) is 30.5 Å². The standard InChI is InChI=1S/C16H18N2O4S/c1-10(2)16-18-8-13(23-16)15(21)17-7-11-4-3-5-12(6-11)22-9-14(19)20/h3-6,8,10H,7,9H2,1-2H3,(H,17,21)(H,19,20). The highest BCUT2D eigenvalue weighted by atomic mass is 32.1. The Bertz CT molecular complexity index is 697. The van der Waals surface area contributed by atoms with Crippen LogP contribution in [0.1, 0.15) is 40.0 Å². The number of hydrogen-bond donors (Lipinski definition) is 2. The Morgan fingerprint density at radius 3 is 2.83 bits per heavy atom. The van der Waals surface area contributed by atoms with Crippen molar-refractivity contribution in [3.05, 3.63) is 45.9 Å². The number of amides is 1. The Balaban J connectivity index is 1.93. The van der Waals surface area contributed by atoms with Crippen molar-refractivity contribution in [1.82, 2.24) is 10.3 Å². The van der Waals surface area contributed by atoms with Crippen molar-refractivity contribution in [2.75, 3.05) is 6.61 Å². The maximum atomic E-state index is 12.1. The minimum absolute atomic E-state index is 0.175. The molecule has 1 heterocycles. The maximum absolute atomic E-state index is 12.1. The molecule has 0 aliphatic rings. The zero-order valence-corrected chi connectivity index (χ0v) is 13.7. The SMILES string of the molecule is CC(C)c1ncc(C(=O)NCc2cccc(OCC(=O)O)c2)s1. The molecular formula is C16H18N2O4S. The van der Waals surface area contributed by atoms with E-state index in [1.807, 2.05) is 19.9 Å². The van der Waals surface area contributed by atoms with Crippen molar-refractivity contribution >= 4 is 23.2 Å². The molecule has 0 atom stereocenters. The van der Waals surface area contributed by atoms with E-state index < -0.39 is 12.6 Å². The van der Waals surface area contributed by atoms with E-state index in [9.17, 15) is 9.59 Å². The monoisotopic (exact) mass is 334 g/mol. The van der Waals surface area contributed by atoms with Crippen LogP contribution in [-0.4, -0.2) is 28.6 Å². The lowest BCUT2D eigenvalue weighted by atomic mass is 10.2. The topological polar surface area (TPSA) is 88.5 Å². The highest BCUT2D eigenvalue weighted by Gasteiger charge is 2.12. The van der Waals surface area contributed by atoms with E-state index in [0.717, 1.165) is 10.6 Å². The van der Waals surface area contributed by atoms with Gasteiger partial charge < -0.3 is 15.2 Å². The van der Waals surface area contributed by atoms with Crippen molar-refractivity contribution in [1.29, 1.82) is 0 Å². The molecule has 2 aromatic rings. The number of benzene rings is 1. The number of nitrogens with one attached hydrogen (secondary N) is 1. The number of aromatic nitrogens is 1. The highest BCUT2D eigenvalue weighted by Crippen LogP contribution is 2.21. The summed E-state index contributed by atoms with van der Waals surface area (Å²) in [5, 5.41) is 12.3. The molecule has 6 nitrogen and oxygen atoms in total. The smallest absolute Gasteiger partial charge is 0.341 e. The number of carboxylic acid groups (broad SMARTS) is 1. The van der Waals surface area contributed by atoms with Gasteiger partial charge in [-0.05, 0) is 17.7 Å². The van der Waals surface area contributed by atoms with Gasteiger partial charge in [0.15, 0.2) is 6.61 Å². The fourth-order valence-electron chi connectivity index (χ4n) is 1.82. The second kappa shape index (κ2) is 7.73. The first-order valence-corrected chi connectivity index (χ1v) is 7.95. The van der Waals surface area contributed by atoms with Gasteiger partial charge in [0.25, 0.3) is 5.91 Å². The fraction of sp³-hybridized carbons (Fsp3) is 0.312. The minimum atomic E-state index is -1.03. The van der Waals surface area contributed by atoms with Crippen LogP contribution in [0.25, 0.3) is 0 Å². The van der Waals surface area contributed by atoms with Crippen molar-refractivity contribution < 1.29 is 19.4 Å². The average Bonchev–Trinajstić information content (AvgIpc) is 3.01. The van der Waals surface area contributed by atoms with E-state index in [0.29, 0.717) is 23.1 Å². The van der Waals surface area contributed by atoms with Crippen LogP contribution in [0.2, 0.25) is 0 Å². The molecule has 7 heteroatoms. The molecule has 0 aliphatic heterocycles. The number of aliphatic carboxylic acids is 1. The Morgan fingerprint density at radius 2 is 2.17 bits per heavy atom. The van der Waals surface area contributed by atoms with E-state index in [4.69, 9.17) is 9.84 Å². The molecule has 0 bridgehead atoms. The molecule has 23 heavy (non-hydrogen) atoms. The van der Waals surface area contributed by atoms with Gasteiger partial charge in [-0.15, -0.1) is 11.3 Å². The van der Waals surface area contributed by atoms with Crippen LogP contribution in [0, 0.1) is 0 Å². The number of carboxylic acids is 1. The summed E-state index contributed by atoms with van der Waals surface area (Å²) in [4.78, 5) is 27.4. The molecule has 1 aromatic heterocycles. The lowest BCUT2D eigenvalue weighted by molar-refractivity contribution is -0.139. The van der Waals surface area contributed by atoms with Crippen LogP contribution < -0.4 is 10.1 Å². The molecule has 0 unspecified atom stereocenters. The van der Waals surface area contributed by atoms with Gasteiger partial charge in [0.1, 0.15) is 10.6 Å². The molecule has 2 N–H and O–H groups in total. The molecule has 1 amide bonds. The van der Waals surface area contributed by atoms with E-state index in [-0.39, 0.29) is 5.91 Å². The van der Waals surface area contributed by atoms with Crippen molar-refractivity contribution in [3.8, 4) is 5.75 Å². The quantitative estimate of drug-likeness (QED) is 0.812. The molecule has 0 radical (unpaired) electrons. The van der Waals surface area contributed by atoms with Gasteiger partial charge in [-0.2, -0.15) is 0 Å². The number of ether oxygens (including phenoxy) is 1. The zero-order chi connectivity index (χ0) is 16.8. The number of carbonyl (C=O) groups excluding carboxylic acids is 1. The third-order valence-corrected chi connectivity index (χ3v) is 4.25. The summed E-state index contributed by atoms with van der Waals surface area (Å²) in [5.41, 5.74) is 0.829. The van der Waals surface area contributed by atoms with Gasteiger partial charge in [-0.3, -0.25) is 4.79 Å². The largest absolute Gasteiger partial charge is 0.482 e. The number of thiazole rings is 1. The summed E-state index contributed by atoms with van der Waals surface area (Å²) in [6.45, 7) is 4.00. The maximum Gasteiger partial charge on any atom is 0.341 e. The highest BCUT2D eigenvalue weighted by molar-refractivity contribution is 7.13. The lowest BCUT2D eigenvalue weighted by Crippen LogP contribution is -2.21. The minimum Gasteiger partial charge on any atom is -0.482 e. The molecule has 0 fully saturated rings. The number of rotatable bonds is 7.